The van der Waals surface area contributed by atoms with Crippen LogP contribution < -0.4 is 19.1 Å². The summed E-state index contributed by atoms with van der Waals surface area (Å²) in [7, 11) is 3.12. The molecule has 3 heterocycles. The third kappa shape index (κ3) is 4.85. The number of fused-ring (bicyclic) bond motifs is 1. The van der Waals surface area contributed by atoms with Gasteiger partial charge in [-0.05, 0) is 29.8 Å². The molecule has 5 rings (SSSR count). The fourth-order valence-electron chi connectivity index (χ4n) is 4.05. The number of nitrogens with zero attached hydrogens (tertiary/aromatic N) is 4. The Balaban J connectivity index is 1.29. The molecule has 1 amide bonds. The fraction of sp³-hybridized carbons (Fsp3) is 0.269. The van der Waals surface area contributed by atoms with Gasteiger partial charge in [0.05, 0.1) is 14.2 Å². The number of carbonyl (C=O) groups is 1. The maximum absolute atomic E-state index is 13.3. The topological polar surface area (TPSA) is 77.0 Å². The molecule has 0 aliphatic carbocycles. The molecule has 0 unspecified atom stereocenters. The number of pyridine rings is 1. The van der Waals surface area contributed by atoms with Crippen molar-refractivity contribution in [2.45, 2.75) is 6.61 Å². The van der Waals surface area contributed by atoms with Crippen molar-refractivity contribution >= 4 is 32.7 Å². The Hall–Kier alpha value is -3.85. The number of carbonyl (C=O) groups excluding carboxylic acids is 1. The lowest BCUT2D eigenvalue weighted by Gasteiger charge is -2.34. The van der Waals surface area contributed by atoms with Crippen molar-refractivity contribution in [2.24, 2.45) is 0 Å². The van der Waals surface area contributed by atoms with Crippen molar-refractivity contribution in [1.29, 1.82) is 0 Å². The van der Waals surface area contributed by atoms with Crippen molar-refractivity contribution < 1.29 is 19.0 Å². The van der Waals surface area contributed by atoms with Crippen molar-refractivity contribution in [3.8, 4) is 17.2 Å². The number of anilines is 1. The molecule has 9 heteroatoms. The van der Waals surface area contributed by atoms with Crippen LogP contribution in [0.2, 0.25) is 0 Å². The normalized spacial score (nSPS) is 13.7. The molecule has 0 saturated carbocycles. The second-order valence-corrected chi connectivity index (χ2v) is 9.04. The van der Waals surface area contributed by atoms with Gasteiger partial charge in [-0.1, -0.05) is 41.7 Å². The molecule has 0 N–H and O–H groups in total. The average Bonchev–Trinajstić information content (AvgIpc) is 3.36. The smallest absolute Gasteiger partial charge is 0.254 e. The number of thiazole rings is 1. The molecule has 35 heavy (non-hydrogen) atoms. The van der Waals surface area contributed by atoms with E-state index in [0.29, 0.717) is 55.6 Å². The first kappa shape index (κ1) is 22.9. The first-order valence-corrected chi connectivity index (χ1v) is 12.2. The van der Waals surface area contributed by atoms with Crippen LogP contribution in [0.4, 0.5) is 5.13 Å². The van der Waals surface area contributed by atoms with Gasteiger partial charge in [0.2, 0.25) is 5.75 Å². The Labute approximate surface area is 207 Å². The van der Waals surface area contributed by atoms with Gasteiger partial charge in [0.15, 0.2) is 16.6 Å². The van der Waals surface area contributed by atoms with Gasteiger partial charge in [-0.25, -0.2) is 9.97 Å². The lowest BCUT2D eigenvalue weighted by molar-refractivity contribution is 0.0746. The number of piperazine rings is 1. The lowest BCUT2D eigenvalue weighted by Crippen LogP contribution is -2.48. The van der Waals surface area contributed by atoms with Crippen LogP contribution in [-0.4, -0.2) is 61.2 Å². The first-order chi connectivity index (χ1) is 17.2. The Bertz CT molecular complexity index is 1260. The summed E-state index contributed by atoms with van der Waals surface area (Å²) in [5.74, 6) is 1.33. The van der Waals surface area contributed by atoms with Gasteiger partial charge in [-0.15, -0.1) is 0 Å². The molecule has 0 radical (unpaired) electrons. The van der Waals surface area contributed by atoms with Crippen molar-refractivity contribution in [3.05, 3.63) is 71.9 Å². The Morgan fingerprint density at radius 1 is 0.971 bits per heavy atom. The molecule has 1 aliphatic rings. The summed E-state index contributed by atoms with van der Waals surface area (Å²) < 4.78 is 17.1. The quantitative estimate of drug-likeness (QED) is 0.383. The largest absolute Gasteiger partial charge is 0.493 e. The Morgan fingerprint density at radius 3 is 2.34 bits per heavy atom. The van der Waals surface area contributed by atoms with Gasteiger partial charge in [0, 0.05) is 37.9 Å². The minimum atomic E-state index is -0.0678. The van der Waals surface area contributed by atoms with E-state index in [1.807, 2.05) is 47.4 Å². The highest BCUT2D eigenvalue weighted by molar-refractivity contribution is 7.21. The Morgan fingerprint density at radius 2 is 1.69 bits per heavy atom. The Kier molecular flexibility index (Phi) is 6.67. The number of hydrogen-bond donors (Lipinski definition) is 0. The van der Waals surface area contributed by atoms with E-state index in [-0.39, 0.29) is 5.91 Å². The summed E-state index contributed by atoms with van der Waals surface area (Å²) in [4.78, 5) is 27.4. The second-order valence-electron chi connectivity index (χ2n) is 8.09. The van der Waals surface area contributed by atoms with Crippen LogP contribution in [-0.2, 0) is 6.61 Å². The molecular weight excluding hydrogens is 464 g/mol. The van der Waals surface area contributed by atoms with Crippen LogP contribution >= 0.6 is 11.3 Å². The van der Waals surface area contributed by atoms with E-state index in [2.05, 4.69) is 9.88 Å². The molecule has 0 atom stereocenters. The summed E-state index contributed by atoms with van der Waals surface area (Å²) in [5.41, 5.74) is 2.43. The van der Waals surface area contributed by atoms with Gasteiger partial charge >= 0.3 is 0 Å². The molecule has 0 bridgehead atoms. The number of benzene rings is 2. The fourth-order valence-corrected chi connectivity index (χ4v) is 5.01. The minimum Gasteiger partial charge on any atom is -0.493 e. The van der Waals surface area contributed by atoms with Gasteiger partial charge in [0.25, 0.3) is 5.91 Å². The molecular formula is C26H26N4O4S. The van der Waals surface area contributed by atoms with Crippen molar-refractivity contribution in [3.63, 3.8) is 0 Å². The van der Waals surface area contributed by atoms with Crippen molar-refractivity contribution in [2.75, 3.05) is 45.3 Å². The lowest BCUT2D eigenvalue weighted by atomic mass is 10.1. The number of rotatable bonds is 7. The average molecular weight is 491 g/mol. The predicted molar refractivity (Wildman–Crippen MR) is 136 cm³/mol. The van der Waals surface area contributed by atoms with Crippen LogP contribution in [0.25, 0.3) is 10.3 Å². The number of amides is 1. The van der Waals surface area contributed by atoms with Gasteiger partial charge in [0.1, 0.15) is 17.0 Å². The summed E-state index contributed by atoms with van der Waals surface area (Å²) in [6.45, 7) is 2.97. The molecule has 1 aliphatic heterocycles. The number of hydrogen-bond acceptors (Lipinski definition) is 8. The van der Waals surface area contributed by atoms with Gasteiger partial charge < -0.3 is 24.0 Å². The summed E-state index contributed by atoms with van der Waals surface area (Å²) in [6, 6.07) is 17.2. The molecule has 4 aromatic rings. The second kappa shape index (κ2) is 10.2. The summed E-state index contributed by atoms with van der Waals surface area (Å²) >= 11 is 1.58. The van der Waals surface area contributed by atoms with Crippen LogP contribution in [0.3, 0.4) is 0 Å². The van der Waals surface area contributed by atoms with Gasteiger partial charge in [-0.2, -0.15) is 0 Å². The molecule has 1 saturated heterocycles. The molecule has 0 spiro atoms. The van der Waals surface area contributed by atoms with Crippen LogP contribution in [0, 0.1) is 0 Å². The summed E-state index contributed by atoms with van der Waals surface area (Å²) in [6.07, 6.45) is 1.78. The van der Waals surface area contributed by atoms with E-state index in [9.17, 15) is 4.79 Å². The maximum Gasteiger partial charge on any atom is 0.254 e. The molecule has 8 nitrogen and oxygen atoms in total. The maximum atomic E-state index is 13.3. The predicted octanol–water partition coefficient (Wildman–Crippen LogP) is 4.25. The number of methoxy groups -OCH3 is 2. The molecule has 1 fully saturated rings. The summed E-state index contributed by atoms with van der Waals surface area (Å²) in [5, 5.41) is 0.939. The third-order valence-corrected chi connectivity index (χ3v) is 6.97. The number of ether oxygens (including phenoxy) is 3. The van der Waals surface area contributed by atoms with Crippen molar-refractivity contribution in [1.82, 2.24) is 14.9 Å². The number of aromatic nitrogens is 2. The first-order valence-electron chi connectivity index (χ1n) is 11.3. The third-order valence-electron chi connectivity index (χ3n) is 5.93. The van der Waals surface area contributed by atoms with E-state index < -0.39 is 0 Å². The highest BCUT2D eigenvalue weighted by Crippen LogP contribution is 2.39. The zero-order chi connectivity index (χ0) is 24.2. The van der Waals surface area contributed by atoms with E-state index in [1.165, 1.54) is 0 Å². The highest BCUT2D eigenvalue weighted by Gasteiger charge is 2.26. The molecule has 2 aromatic heterocycles. The van der Waals surface area contributed by atoms with E-state index in [0.717, 1.165) is 21.0 Å². The van der Waals surface area contributed by atoms with Crippen LogP contribution in [0.15, 0.2) is 60.8 Å². The van der Waals surface area contributed by atoms with Crippen LogP contribution in [0.1, 0.15) is 15.9 Å². The minimum absolute atomic E-state index is 0.0678. The zero-order valence-electron chi connectivity index (χ0n) is 19.6. The monoisotopic (exact) mass is 490 g/mol. The van der Waals surface area contributed by atoms with E-state index in [1.54, 1.807) is 43.9 Å². The highest BCUT2D eigenvalue weighted by atomic mass is 32.1. The SMILES string of the molecule is COc1cc(C(=O)N2CCN(c3nc4cccnc4s3)CC2)cc(OC)c1OCc1ccccc1. The molecule has 180 valence electrons. The van der Waals surface area contributed by atoms with Crippen LogP contribution in [0.5, 0.6) is 17.2 Å². The standard InChI is InChI=1S/C26H26N4O4S/c1-32-21-15-19(16-22(33-2)23(21)34-17-18-7-4-3-5-8-18)25(31)29-11-13-30(14-12-29)26-28-20-9-6-10-27-24(20)35-26/h3-10,15-16H,11-14,17H2,1-2H3. The van der Waals surface area contributed by atoms with E-state index >= 15 is 0 Å². The molecule has 2 aromatic carbocycles. The van der Waals surface area contributed by atoms with Gasteiger partial charge in [-0.3, -0.25) is 4.79 Å². The van der Waals surface area contributed by atoms with E-state index in [4.69, 9.17) is 19.2 Å². The zero-order valence-corrected chi connectivity index (χ0v) is 20.5.